The van der Waals surface area contributed by atoms with Gasteiger partial charge in [-0.05, 0) is 45.0 Å². The van der Waals surface area contributed by atoms with Crippen molar-refractivity contribution in [2.45, 2.75) is 19.8 Å². The maximum atomic E-state index is 4.38. The molecule has 0 saturated carbocycles. The molecule has 0 aliphatic heterocycles. The fourth-order valence-electron chi connectivity index (χ4n) is 1.94. The highest BCUT2D eigenvalue weighted by Gasteiger charge is 2.05. The first kappa shape index (κ1) is 11.9. The molecule has 0 aliphatic rings. The molecule has 1 heterocycles. The molecule has 0 spiro atoms. The average Bonchev–Trinajstić information content (AvgIpc) is 2.79. The summed E-state index contributed by atoms with van der Waals surface area (Å²) in [7, 11) is 1.98. The van der Waals surface area contributed by atoms with Gasteiger partial charge in [-0.25, -0.2) is 0 Å². The minimum Gasteiger partial charge on any atom is -0.320 e. The number of H-pyrrole nitrogens is 1. The summed E-state index contributed by atoms with van der Waals surface area (Å²) in [4.78, 5) is 0. The lowest BCUT2D eigenvalue weighted by Crippen LogP contribution is -2.08. The molecule has 2 N–H and O–H groups in total. The van der Waals surface area contributed by atoms with E-state index in [9.17, 15) is 0 Å². The van der Waals surface area contributed by atoms with Crippen LogP contribution in [0.2, 0.25) is 0 Å². The van der Waals surface area contributed by atoms with Crippen molar-refractivity contribution in [1.82, 2.24) is 15.5 Å². The van der Waals surface area contributed by atoms with Crippen LogP contribution in [-0.2, 0) is 6.42 Å². The molecule has 90 valence electrons. The van der Waals surface area contributed by atoms with Gasteiger partial charge in [-0.15, -0.1) is 0 Å². The Balaban J connectivity index is 2.10. The number of hydrogen-bond acceptors (Lipinski definition) is 2. The van der Waals surface area contributed by atoms with Crippen molar-refractivity contribution in [3.63, 3.8) is 0 Å². The molecule has 0 radical (unpaired) electrons. The Labute approximate surface area is 102 Å². The second-order valence-corrected chi connectivity index (χ2v) is 4.30. The minimum atomic E-state index is 1.04. The Kier molecular flexibility index (Phi) is 3.94. The zero-order valence-electron chi connectivity index (χ0n) is 10.5. The Morgan fingerprint density at radius 3 is 2.88 bits per heavy atom. The van der Waals surface area contributed by atoms with Crippen LogP contribution in [0.25, 0.3) is 11.3 Å². The van der Waals surface area contributed by atoms with Gasteiger partial charge < -0.3 is 5.32 Å². The van der Waals surface area contributed by atoms with Crippen molar-refractivity contribution in [3.8, 4) is 11.3 Å². The Hall–Kier alpha value is -1.61. The minimum absolute atomic E-state index is 1.04. The SMILES string of the molecule is CNCCCc1cc(-c2ccccc2C)n[nH]1. The first-order valence-electron chi connectivity index (χ1n) is 6.06. The Bertz CT molecular complexity index is 474. The zero-order chi connectivity index (χ0) is 12.1. The van der Waals surface area contributed by atoms with Crippen LogP contribution < -0.4 is 5.32 Å². The number of aromatic nitrogens is 2. The van der Waals surface area contributed by atoms with E-state index in [2.05, 4.69) is 52.8 Å². The molecular formula is C14H19N3. The summed E-state index contributed by atoms with van der Waals surface area (Å²) < 4.78 is 0. The second kappa shape index (κ2) is 5.64. The van der Waals surface area contributed by atoms with E-state index < -0.39 is 0 Å². The summed E-state index contributed by atoms with van der Waals surface area (Å²) in [6.45, 7) is 3.16. The summed E-state index contributed by atoms with van der Waals surface area (Å²) in [5.74, 6) is 0. The largest absolute Gasteiger partial charge is 0.320 e. The number of hydrogen-bond donors (Lipinski definition) is 2. The van der Waals surface area contributed by atoms with Crippen molar-refractivity contribution in [3.05, 3.63) is 41.6 Å². The third-order valence-corrected chi connectivity index (χ3v) is 2.92. The van der Waals surface area contributed by atoms with Crippen LogP contribution in [0, 0.1) is 6.92 Å². The normalized spacial score (nSPS) is 10.7. The molecule has 0 bridgehead atoms. The lowest BCUT2D eigenvalue weighted by molar-refractivity contribution is 0.713. The average molecular weight is 229 g/mol. The molecule has 2 aromatic rings. The van der Waals surface area contributed by atoms with Gasteiger partial charge in [0.1, 0.15) is 0 Å². The molecular weight excluding hydrogens is 210 g/mol. The van der Waals surface area contributed by atoms with Crippen LogP contribution >= 0.6 is 0 Å². The maximum absolute atomic E-state index is 4.38. The second-order valence-electron chi connectivity index (χ2n) is 4.30. The molecule has 17 heavy (non-hydrogen) atoms. The molecule has 0 unspecified atom stereocenters. The van der Waals surface area contributed by atoms with E-state index in [-0.39, 0.29) is 0 Å². The van der Waals surface area contributed by atoms with Gasteiger partial charge >= 0.3 is 0 Å². The van der Waals surface area contributed by atoms with E-state index in [0.717, 1.165) is 25.1 Å². The molecule has 3 nitrogen and oxygen atoms in total. The van der Waals surface area contributed by atoms with Crippen LogP contribution in [0.1, 0.15) is 17.7 Å². The predicted molar refractivity (Wildman–Crippen MR) is 71.0 cm³/mol. The topological polar surface area (TPSA) is 40.7 Å². The van der Waals surface area contributed by atoms with Crippen molar-refractivity contribution in [2.75, 3.05) is 13.6 Å². The standard InChI is InChI=1S/C14H19N3/c1-11-6-3-4-8-13(11)14-10-12(16-17-14)7-5-9-15-2/h3-4,6,8,10,15H,5,7,9H2,1-2H3,(H,16,17). The molecule has 2 rings (SSSR count). The molecule has 3 heteroatoms. The summed E-state index contributed by atoms with van der Waals surface area (Å²) in [5, 5.41) is 10.6. The van der Waals surface area contributed by atoms with Gasteiger partial charge in [0.2, 0.25) is 0 Å². The predicted octanol–water partition coefficient (Wildman–Crippen LogP) is 2.54. The lowest BCUT2D eigenvalue weighted by Gasteiger charge is -2.00. The van der Waals surface area contributed by atoms with Gasteiger partial charge in [0.15, 0.2) is 0 Å². The van der Waals surface area contributed by atoms with Crippen LogP contribution in [0.15, 0.2) is 30.3 Å². The number of rotatable bonds is 5. The Morgan fingerprint density at radius 2 is 2.12 bits per heavy atom. The fourth-order valence-corrected chi connectivity index (χ4v) is 1.94. The molecule has 0 amide bonds. The smallest absolute Gasteiger partial charge is 0.0926 e. The fraction of sp³-hybridized carbons (Fsp3) is 0.357. The summed E-state index contributed by atoms with van der Waals surface area (Å²) >= 11 is 0. The highest BCUT2D eigenvalue weighted by Crippen LogP contribution is 2.21. The van der Waals surface area contributed by atoms with Crippen LogP contribution in [0.4, 0.5) is 0 Å². The number of aromatic amines is 1. The summed E-state index contributed by atoms with van der Waals surface area (Å²) in [6.07, 6.45) is 2.17. The Morgan fingerprint density at radius 1 is 1.29 bits per heavy atom. The third kappa shape index (κ3) is 2.94. The number of benzene rings is 1. The molecule has 1 aromatic carbocycles. The van der Waals surface area contributed by atoms with Gasteiger partial charge in [-0.1, -0.05) is 24.3 Å². The van der Waals surface area contributed by atoms with Crippen molar-refractivity contribution < 1.29 is 0 Å². The molecule has 0 atom stereocenters. The summed E-state index contributed by atoms with van der Waals surface area (Å²) in [5.41, 5.74) is 4.73. The van der Waals surface area contributed by atoms with Crippen LogP contribution in [0.3, 0.4) is 0 Å². The van der Waals surface area contributed by atoms with Gasteiger partial charge in [-0.2, -0.15) is 5.10 Å². The van der Waals surface area contributed by atoms with E-state index in [0.29, 0.717) is 0 Å². The van der Waals surface area contributed by atoms with E-state index >= 15 is 0 Å². The van der Waals surface area contributed by atoms with Crippen LogP contribution in [0.5, 0.6) is 0 Å². The maximum Gasteiger partial charge on any atom is 0.0926 e. The van der Waals surface area contributed by atoms with E-state index in [4.69, 9.17) is 0 Å². The van der Waals surface area contributed by atoms with Gasteiger partial charge in [0.25, 0.3) is 0 Å². The molecule has 0 aliphatic carbocycles. The van der Waals surface area contributed by atoms with Gasteiger partial charge in [-0.3, -0.25) is 5.10 Å². The third-order valence-electron chi connectivity index (χ3n) is 2.92. The van der Waals surface area contributed by atoms with E-state index in [1.807, 2.05) is 7.05 Å². The van der Waals surface area contributed by atoms with Crippen molar-refractivity contribution >= 4 is 0 Å². The first-order valence-corrected chi connectivity index (χ1v) is 6.06. The van der Waals surface area contributed by atoms with E-state index in [1.165, 1.54) is 16.8 Å². The molecule has 0 saturated heterocycles. The van der Waals surface area contributed by atoms with Gasteiger partial charge in [0, 0.05) is 11.3 Å². The van der Waals surface area contributed by atoms with Crippen molar-refractivity contribution in [1.29, 1.82) is 0 Å². The molecule has 0 fully saturated rings. The first-order chi connectivity index (χ1) is 8.31. The highest BCUT2D eigenvalue weighted by molar-refractivity contribution is 5.63. The monoisotopic (exact) mass is 229 g/mol. The number of aryl methyl sites for hydroxylation is 2. The van der Waals surface area contributed by atoms with Crippen molar-refractivity contribution in [2.24, 2.45) is 0 Å². The quantitative estimate of drug-likeness (QED) is 0.773. The highest BCUT2D eigenvalue weighted by atomic mass is 15.1. The van der Waals surface area contributed by atoms with E-state index in [1.54, 1.807) is 0 Å². The molecule has 1 aromatic heterocycles. The zero-order valence-corrected chi connectivity index (χ0v) is 10.5. The lowest BCUT2D eigenvalue weighted by atomic mass is 10.1. The van der Waals surface area contributed by atoms with Gasteiger partial charge in [0.05, 0.1) is 5.69 Å². The van der Waals surface area contributed by atoms with Crippen LogP contribution in [-0.4, -0.2) is 23.8 Å². The summed E-state index contributed by atoms with van der Waals surface area (Å²) in [6, 6.07) is 10.5. The number of nitrogens with one attached hydrogen (secondary N) is 2. The number of nitrogens with zero attached hydrogens (tertiary/aromatic N) is 1.